The number of pyridine rings is 1. The number of hydrogen-bond acceptors (Lipinski definition) is 4. The molecule has 0 spiro atoms. The molecular formula is C15H16N4. The van der Waals surface area contributed by atoms with Crippen LogP contribution in [0.15, 0.2) is 36.5 Å². The van der Waals surface area contributed by atoms with Crippen LogP contribution < -0.4 is 11.1 Å². The van der Waals surface area contributed by atoms with Gasteiger partial charge in [0, 0.05) is 11.9 Å². The molecule has 4 heteroatoms. The van der Waals surface area contributed by atoms with Crippen LogP contribution in [-0.4, -0.2) is 4.98 Å². The Bertz CT molecular complexity index is 614. The lowest BCUT2D eigenvalue weighted by Crippen LogP contribution is -2.02. The van der Waals surface area contributed by atoms with Crippen LogP contribution in [0.5, 0.6) is 0 Å². The van der Waals surface area contributed by atoms with Crippen LogP contribution >= 0.6 is 0 Å². The number of hydrogen-bond donors (Lipinski definition) is 2. The minimum Gasteiger partial charge on any atom is -0.396 e. The standard InChI is InChI=1S/C15H16N4/c1-2-5-12-6-3-4-7-14(12)19-15-13(17)8-11(9-16)10-18-15/h3-4,6-8,10H,2,5,17H2,1H3,(H,18,19). The van der Waals surface area contributed by atoms with Gasteiger partial charge in [-0.25, -0.2) is 4.98 Å². The lowest BCUT2D eigenvalue weighted by atomic mass is 10.1. The number of aromatic nitrogens is 1. The summed E-state index contributed by atoms with van der Waals surface area (Å²) in [5.74, 6) is 0.586. The molecule has 0 bridgehead atoms. The molecule has 0 amide bonds. The van der Waals surface area contributed by atoms with Gasteiger partial charge in [0.1, 0.15) is 6.07 Å². The van der Waals surface area contributed by atoms with E-state index in [-0.39, 0.29) is 0 Å². The summed E-state index contributed by atoms with van der Waals surface area (Å²) in [5, 5.41) is 12.0. The summed E-state index contributed by atoms with van der Waals surface area (Å²) in [6, 6.07) is 11.7. The average molecular weight is 252 g/mol. The van der Waals surface area contributed by atoms with E-state index < -0.39 is 0 Å². The van der Waals surface area contributed by atoms with Crippen molar-refractivity contribution in [3.63, 3.8) is 0 Å². The second kappa shape index (κ2) is 5.87. The van der Waals surface area contributed by atoms with Gasteiger partial charge in [0.25, 0.3) is 0 Å². The molecule has 0 aliphatic rings. The topological polar surface area (TPSA) is 74.7 Å². The monoisotopic (exact) mass is 252 g/mol. The molecule has 0 aliphatic carbocycles. The van der Waals surface area contributed by atoms with Crippen LogP contribution in [0.25, 0.3) is 0 Å². The number of nitrogens with two attached hydrogens (primary N) is 1. The van der Waals surface area contributed by atoms with E-state index in [2.05, 4.69) is 23.3 Å². The highest BCUT2D eigenvalue weighted by Crippen LogP contribution is 2.24. The molecule has 4 nitrogen and oxygen atoms in total. The molecule has 19 heavy (non-hydrogen) atoms. The third-order valence-electron chi connectivity index (χ3n) is 2.84. The summed E-state index contributed by atoms with van der Waals surface area (Å²) in [5.41, 5.74) is 9.07. The fraction of sp³-hybridized carbons (Fsp3) is 0.200. The van der Waals surface area contributed by atoms with Gasteiger partial charge < -0.3 is 11.1 Å². The molecule has 2 aromatic rings. The van der Waals surface area contributed by atoms with E-state index in [0.29, 0.717) is 17.1 Å². The molecule has 0 aliphatic heterocycles. The Morgan fingerprint density at radius 1 is 1.37 bits per heavy atom. The van der Waals surface area contributed by atoms with Crippen LogP contribution in [0.4, 0.5) is 17.2 Å². The van der Waals surface area contributed by atoms with E-state index in [9.17, 15) is 0 Å². The molecule has 1 heterocycles. The smallest absolute Gasteiger partial charge is 0.153 e. The molecule has 0 saturated carbocycles. The second-order valence-electron chi connectivity index (χ2n) is 4.31. The normalized spacial score (nSPS) is 9.89. The molecule has 1 aromatic carbocycles. The van der Waals surface area contributed by atoms with Gasteiger partial charge in [-0.2, -0.15) is 5.26 Å². The quantitative estimate of drug-likeness (QED) is 0.876. The Morgan fingerprint density at radius 3 is 2.84 bits per heavy atom. The zero-order valence-corrected chi connectivity index (χ0v) is 10.9. The fourth-order valence-electron chi connectivity index (χ4n) is 1.90. The molecule has 0 radical (unpaired) electrons. The number of nitriles is 1. The van der Waals surface area contributed by atoms with Crippen LogP contribution in [0.3, 0.4) is 0 Å². The van der Waals surface area contributed by atoms with Gasteiger partial charge >= 0.3 is 0 Å². The first kappa shape index (κ1) is 12.9. The number of nitrogen functional groups attached to an aromatic ring is 1. The Labute approximate surface area is 112 Å². The van der Waals surface area contributed by atoms with E-state index in [4.69, 9.17) is 11.0 Å². The maximum Gasteiger partial charge on any atom is 0.153 e. The van der Waals surface area contributed by atoms with E-state index in [0.717, 1.165) is 18.5 Å². The molecular weight excluding hydrogens is 236 g/mol. The lowest BCUT2D eigenvalue weighted by Gasteiger charge is -2.12. The van der Waals surface area contributed by atoms with E-state index in [1.54, 1.807) is 6.07 Å². The number of benzene rings is 1. The van der Waals surface area contributed by atoms with Crippen molar-refractivity contribution in [2.24, 2.45) is 0 Å². The first-order valence-electron chi connectivity index (χ1n) is 6.25. The van der Waals surface area contributed by atoms with Gasteiger partial charge in [0.2, 0.25) is 0 Å². The van der Waals surface area contributed by atoms with Gasteiger partial charge in [-0.1, -0.05) is 31.5 Å². The van der Waals surface area contributed by atoms with E-state index in [1.807, 2.05) is 24.3 Å². The SMILES string of the molecule is CCCc1ccccc1Nc1ncc(C#N)cc1N. The molecule has 2 rings (SSSR count). The average Bonchev–Trinajstić information content (AvgIpc) is 2.43. The summed E-state index contributed by atoms with van der Waals surface area (Å²) < 4.78 is 0. The Hall–Kier alpha value is -2.54. The van der Waals surface area contributed by atoms with Crippen molar-refractivity contribution < 1.29 is 0 Å². The van der Waals surface area contributed by atoms with Gasteiger partial charge in [0.05, 0.1) is 11.3 Å². The summed E-state index contributed by atoms with van der Waals surface area (Å²) >= 11 is 0. The highest BCUT2D eigenvalue weighted by molar-refractivity contribution is 5.71. The molecule has 3 N–H and O–H groups in total. The minimum absolute atomic E-state index is 0.463. The number of nitrogens with one attached hydrogen (secondary N) is 1. The minimum atomic E-state index is 0.463. The summed E-state index contributed by atoms with van der Waals surface area (Å²) in [6.07, 6.45) is 3.59. The van der Waals surface area contributed by atoms with Crippen LogP contribution in [0.2, 0.25) is 0 Å². The first-order valence-corrected chi connectivity index (χ1v) is 6.25. The number of anilines is 3. The largest absolute Gasteiger partial charge is 0.396 e. The van der Waals surface area contributed by atoms with Gasteiger partial charge in [-0.3, -0.25) is 0 Å². The fourth-order valence-corrected chi connectivity index (χ4v) is 1.90. The van der Waals surface area contributed by atoms with Crippen molar-refractivity contribution in [3.05, 3.63) is 47.7 Å². The van der Waals surface area contributed by atoms with E-state index >= 15 is 0 Å². The maximum atomic E-state index is 8.79. The summed E-state index contributed by atoms with van der Waals surface area (Å²) in [6.45, 7) is 2.14. The number of rotatable bonds is 4. The van der Waals surface area contributed by atoms with Crippen LogP contribution in [0.1, 0.15) is 24.5 Å². The van der Waals surface area contributed by atoms with Gasteiger partial charge in [0.15, 0.2) is 5.82 Å². The molecule has 96 valence electrons. The Balaban J connectivity index is 2.29. The maximum absolute atomic E-state index is 8.79. The van der Waals surface area contributed by atoms with Gasteiger partial charge in [-0.05, 0) is 24.1 Å². The predicted molar refractivity (Wildman–Crippen MR) is 77.1 cm³/mol. The number of nitrogens with zero attached hydrogens (tertiary/aromatic N) is 2. The van der Waals surface area contributed by atoms with Crippen molar-refractivity contribution in [2.45, 2.75) is 19.8 Å². The van der Waals surface area contributed by atoms with Crippen molar-refractivity contribution in [1.29, 1.82) is 5.26 Å². The highest BCUT2D eigenvalue weighted by atomic mass is 15.0. The van der Waals surface area contributed by atoms with E-state index in [1.165, 1.54) is 11.8 Å². The van der Waals surface area contributed by atoms with Crippen LogP contribution in [0, 0.1) is 11.3 Å². The predicted octanol–water partition coefficient (Wildman–Crippen LogP) is 3.23. The third kappa shape index (κ3) is 3.02. The van der Waals surface area contributed by atoms with Gasteiger partial charge in [-0.15, -0.1) is 0 Å². The second-order valence-corrected chi connectivity index (χ2v) is 4.31. The van der Waals surface area contributed by atoms with Crippen LogP contribution in [-0.2, 0) is 6.42 Å². The highest BCUT2D eigenvalue weighted by Gasteiger charge is 2.06. The zero-order valence-electron chi connectivity index (χ0n) is 10.9. The number of aryl methyl sites for hydroxylation is 1. The first-order chi connectivity index (χ1) is 9.24. The number of para-hydroxylation sites is 1. The zero-order chi connectivity index (χ0) is 13.7. The van der Waals surface area contributed by atoms with Crippen molar-refractivity contribution in [2.75, 3.05) is 11.1 Å². The molecule has 0 atom stereocenters. The summed E-state index contributed by atoms with van der Waals surface area (Å²) in [4.78, 5) is 4.19. The van der Waals surface area contributed by atoms with Crippen molar-refractivity contribution in [1.82, 2.24) is 4.98 Å². The lowest BCUT2D eigenvalue weighted by molar-refractivity contribution is 0.923. The molecule has 0 saturated heterocycles. The molecule has 0 unspecified atom stereocenters. The third-order valence-corrected chi connectivity index (χ3v) is 2.84. The summed E-state index contributed by atoms with van der Waals surface area (Å²) in [7, 11) is 0. The molecule has 1 aromatic heterocycles. The van der Waals surface area contributed by atoms with Crippen molar-refractivity contribution >= 4 is 17.2 Å². The van der Waals surface area contributed by atoms with Crippen molar-refractivity contribution in [3.8, 4) is 6.07 Å². The molecule has 0 fully saturated rings. The Kier molecular flexibility index (Phi) is 3.99. The Morgan fingerprint density at radius 2 is 2.16 bits per heavy atom.